The van der Waals surface area contributed by atoms with Crippen LogP contribution in [0.5, 0.6) is 0 Å². The summed E-state index contributed by atoms with van der Waals surface area (Å²) in [5.41, 5.74) is 4.48. The summed E-state index contributed by atoms with van der Waals surface area (Å²) in [5.74, 6) is 0. The maximum atomic E-state index is 9.85. The molecule has 1 N–H and O–H groups in total. The molecule has 4 nitrogen and oxygen atoms in total. The third-order valence-corrected chi connectivity index (χ3v) is 4.56. The molecule has 2 aromatic carbocycles. The number of nitrogens with zero attached hydrogens (tertiary/aromatic N) is 2. The van der Waals surface area contributed by atoms with Crippen molar-refractivity contribution in [2.45, 2.75) is 6.61 Å². The number of benzene rings is 2. The fourth-order valence-corrected chi connectivity index (χ4v) is 3.26. The second kappa shape index (κ2) is 5.67. The van der Waals surface area contributed by atoms with Crippen LogP contribution >= 0.6 is 0 Å². The molecule has 4 rings (SSSR count). The minimum Gasteiger partial charge on any atom is -0.423 e. The van der Waals surface area contributed by atoms with Crippen LogP contribution in [0.2, 0.25) is 0 Å². The number of anilines is 2. The van der Waals surface area contributed by atoms with E-state index in [0.29, 0.717) is 6.61 Å². The van der Waals surface area contributed by atoms with Gasteiger partial charge < -0.3 is 19.5 Å². The summed E-state index contributed by atoms with van der Waals surface area (Å²) in [6.07, 6.45) is 0. The first-order valence-corrected chi connectivity index (χ1v) is 7.79. The van der Waals surface area contributed by atoms with Crippen LogP contribution in [0.1, 0.15) is 5.56 Å². The maximum Gasteiger partial charge on any atom is 0.491 e. The van der Waals surface area contributed by atoms with E-state index in [0.717, 1.165) is 37.2 Å². The van der Waals surface area contributed by atoms with Gasteiger partial charge in [0.05, 0.1) is 6.61 Å². The SMILES string of the molecule is OB1OCc2ccc(N3CCN(c4ccccc4)CC3)cc21. The van der Waals surface area contributed by atoms with E-state index in [2.05, 4.69) is 58.3 Å². The Bertz CT molecular complexity index is 657. The van der Waals surface area contributed by atoms with Crippen LogP contribution in [0.4, 0.5) is 11.4 Å². The molecule has 2 aliphatic rings. The van der Waals surface area contributed by atoms with Crippen molar-refractivity contribution in [2.24, 2.45) is 0 Å². The topological polar surface area (TPSA) is 35.9 Å². The van der Waals surface area contributed by atoms with Gasteiger partial charge in [0.1, 0.15) is 0 Å². The first-order chi connectivity index (χ1) is 10.8. The molecule has 0 saturated carbocycles. The van der Waals surface area contributed by atoms with Crippen molar-refractivity contribution in [1.82, 2.24) is 0 Å². The first kappa shape index (κ1) is 13.7. The Kier molecular flexibility index (Phi) is 3.52. The number of fused-ring (bicyclic) bond motifs is 1. The molecule has 0 unspecified atom stereocenters. The van der Waals surface area contributed by atoms with Crippen LogP contribution < -0.4 is 15.3 Å². The zero-order chi connectivity index (χ0) is 14.9. The van der Waals surface area contributed by atoms with Crippen LogP contribution in [0.25, 0.3) is 0 Å². The number of para-hydroxylation sites is 1. The fourth-order valence-electron chi connectivity index (χ4n) is 3.26. The summed E-state index contributed by atoms with van der Waals surface area (Å²) >= 11 is 0. The molecule has 0 spiro atoms. The molecule has 0 aliphatic carbocycles. The summed E-state index contributed by atoms with van der Waals surface area (Å²) in [4.78, 5) is 4.80. The van der Waals surface area contributed by atoms with Gasteiger partial charge in [0.15, 0.2) is 0 Å². The molecular formula is C17H19BN2O2. The molecule has 0 aromatic heterocycles. The molecule has 2 aliphatic heterocycles. The van der Waals surface area contributed by atoms with Crippen molar-refractivity contribution in [2.75, 3.05) is 36.0 Å². The lowest BCUT2D eigenvalue weighted by Gasteiger charge is -2.37. The minimum atomic E-state index is -0.763. The van der Waals surface area contributed by atoms with E-state index in [9.17, 15) is 5.02 Å². The predicted molar refractivity (Wildman–Crippen MR) is 89.7 cm³/mol. The first-order valence-electron chi connectivity index (χ1n) is 7.79. The van der Waals surface area contributed by atoms with Crippen molar-refractivity contribution in [3.05, 3.63) is 54.1 Å². The summed E-state index contributed by atoms with van der Waals surface area (Å²) < 4.78 is 5.27. The van der Waals surface area contributed by atoms with E-state index in [4.69, 9.17) is 4.65 Å². The van der Waals surface area contributed by atoms with Gasteiger partial charge in [0.25, 0.3) is 0 Å². The standard InChI is InChI=1S/C17H19BN2O2/c21-18-17-12-16(7-6-14(17)13-22-18)20-10-8-19(9-11-20)15-4-2-1-3-5-15/h1-7,12,21H,8-11,13H2. The molecule has 112 valence electrons. The van der Waals surface area contributed by atoms with E-state index < -0.39 is 7.12 Å². The molecule has 2 heterocycles. The van der Waals surface area contributed by atoms with Crippen molar-refractivity contribution in [3.8, 4) is 0 Å². The second-order valence-corrected chi connectivity index (χ2v) is 5.86. The van der Waals surface area contributed by atoms with Gasteiger partial charge in [-0.1, -0.05) is 24.3 Å². The Morgan fingerprint density at radius 3 is 2.27 bits per heavy atom. The average molecular weight is 294 g/mol. The van der Waals surface area contributed by atoms with Crippen LogP contribution in [0.15, 0.2) is 48.5 Å². The van der Waals surface area contributed by atoms with Gasteiger partial charge in [0.2, 0.25) is 0 Å². The smallest absolute Gasteiger partial charge is 0.423 e. The zero-order valence-corrected chi connectivity index (χ0v) is 12.5. The van der Waals surface area contributed by atoms with E-state index in [-0.39, 0.29) is 0 Å². The molecule has 0 radical (unpaired) electrons. The monoisotopic (exact) mass is 294 g/mol. The van der Waals surface area contributed by atoms with E-state index in [1.54, 1.807) is 0 Å². The molecule has 22 heavy (non-hydrogen) atoms. The molecule has 5 heteroatoms. The number of rotatable bonds is 2. The third-order valence-electron chi connectivity index (χ3n) is 4.56. The van der Waals surface area contributed by atoms with Gasteiger partial charge in [-0.05, 0) is 35.3 Å². The summed E-state index contributed by atoms with van der Waals surface area (Å²) in [6, 6.07) is 16.8. The summed E-state index contributed by atoms with van der Waals surface area (Å²) in [7, 11) is -0.763. The number of hydrogen-bond donors (Lipinski definition) is 1. The Labute approximate surface area is 131 Å². The van der Waals surface area contributed by atoms with Gasteiger partial charge in [-0.15, -0.1) is 0 Å². The predicted octanol–water partition coefficient (Wildman–Crippen LogP) is 1.23. The lowest BCUT2D eigenvalue weighted by Crippen LogP contribution is -2.46. The van der Waals surface area contributed by atoms with E-state index >= 15 is 0 Å². The van der Waals surface area contributed by atoms with Crippen molar-refractivity contribution < 1.29 is 9.68 Å². The van der Waals surface area contributed by atoms with Gasteiger partial charge in [-0.3, -0.25) is 0 Å². The van der Waals surface area contributed by atoms with E-state index in [1.807, 2.05) is 0 Å². The maximum absolute atomic E-state index is 9.85. The number of hydrogen-bond acceptors (Lipinski definition) is 4. The normalized spacial score (nSPS) is 17.8. The van der Waals surface area contributed by atoms with Crippen LogP contribution in [0, 0.1) is 0 Å². The number of piperazine rings is 1. The van der Waals surface area contributed by atoms with Gasteiger partial charge in [0, 0.05) is 37.6 Å². The lowest BCUT2D eigenvalue weighted by atomic mass is 9.79. The molecule has 2 aromatic rings. The van der Waals surface area contributed by atoms with E-state index in [1.165, 1.54) is 11.4 Å². The Balaban J connectivity index is 1.47. The van der Waals surface area contributed by atoms with Crippen molar-refractivity contribution in [1.29, 1.82) is 0 Å². The fraction of sp³-hybridized carbons (Fsp3) is 0.294. The second-order valence-electron chi connectivity index (χ2n) is 5.86. The quantitative estimate of drug-likeness (QED) is 0.845. The Morgan fingerprint density at radius 1 is 0.864 bits per heavy atom. The molecule has 1 fully saturated rings. The molecule has 0 amide bonds. The summed E-state index contributed by atoms with van der Waals surface area (Å²) in [5, 5.41) is 9.85. The minimum absolute atomic E-state index is 0.512. The molecular weight excluding hydrogens is 275 g/mol. The van der Waals surface area contributed by atoms with Gasteiger partial charge in [-0.25, -0.2) is 0 Å². The average Bonchev–Trinajstić information content (AvgIpc) is 2.96. The molecule has 0 bridgehead atoms. The van der Waals surface area contributed by atoms with Crippen LogP contribution in [-0.2, 0) is 11.3 Å². The van der Waals surface area contributed by atoms with Gasteiger partial charge in [-0.2, -0.15) is 0 Å². The van der Waals surface area contributed by atoms with Crippen molar-refractivity contribution >= 4 is 24.0 Å². The highest BCUT2D eigenvalue weighted by Gasteiger charge is 2.28. The van der Waals surface area contributed by atoms with Gasteiger partial charge >= 0.3 is 7.12 Å². The van der Waals surface area contributed by atoms with Crippen molar-refractivity contribution in [3.63, 3.8) is 0 Å². The third kappa shape index (κ3) is 2.47. The highest BCUT2D eigenvalue weighted by molar-refractivity contribution is 6.61. The Morgan fingerprint density at radius 2 is 1.55 bits per heavy atom. The molecule has 1 saturated heterocycles. The largest absolute Gasteiger partial charge is 0.491 e. The molecule has 0 atom stereocenters. The highest BCUT2D eigenvalue weighted by Crippen LogP contribution is 2.22. The zero-order valence-electron chi connectivity index (χ0n) is 12.5. The van der Waals surface area contributed by atoms with Crippen LogP contribution in [-0.4, -0.2) is 38.3 Å². The summed E-state index contributed by atoms with van der Waals surface area (Å²) in [6.45, 7) is 4.52. The Hall–Kier alpha value is -1.98. The highest BCUT2D eigenvalue weighted by atomic mass is 16.5. The lowest BCUT2D eigenvalue weighted by molar-refractivity contribution is 0.275. The van der Waals surface area contributed by atoms with Crippen LogP contribution in [0.3, 0.4) is 0 Å².